The summed E-state index contributed by atoms with van der Waals surface area (Å²) in [5.41, 5.74) is 12.3. The Bertz CT molecular complexity index is 2240. The van der Waals surface area contributed by atoms with E-state index in [1.807, 2.05) is 35.7 Å². The molecule has 0 bridgehead atoms. The van der Waals surface area contributed by atoms with E-state index in [4.69, 9.17) is 0 Å². The summed E-state index contributed by atoms with van der Waals surface area (Å²) < 4.78 is 2.62. The van der Waals surface area contributed by atoms with Crippen LogP contribution in [0.15, 0.2) is 103 Å². The van der Waals surface area contributed by atoms with E-state index in [0.717, 1.165) is 28.9 Å². The molecule has 3 aromatic heterocycles. The fourth-order valence-electron chi connectivity index (χ4n) is 6.82. The number of pyridine rings is 2. The van der Waals surface area contributed by atoms with Crippen molar-refractivity contribution < 1.29 is 20.1 Å². The van der Waals surface area contributed by atoms with E-state index in [1.165, 1.54) is 58.7 Å². The average molecular weight is 881 g/mol. The first-order chi connectivity index (χ1) is 23.9. The topological polar surface area (TPSA) is 25.8 Å². The Morgan fingerprint density at radius 2 is 1.47 bits per heavy atom. The van der Waals surface area contributed by atoms with Crippen LogP contribution in [0.4, 0.5) is 0 Å². The molecule has 0 amide bonds. The van der Waals surface area contributed by atoms with Crippen molar-refractivity contribution in [3.8, 4) is 33.6 Å². The van der Waals surface area contributed by atoms with Crippen molar-refractivity contribution in [3.63, 3.8) is 0 Å². The van der Waals surface area contributed by atoms with Crippen LogP contribution < -0.4 is 5.19 Å². The first kappa shape index (κ1) is 38.5. The Hall–Kier alpha value is -3.73. The molecule has 51 heavy (non-hydrogen) atoms. The minimum Gasteiger partial charge on any atom is -0.305 e. The van der Waals surface area contributed by atoms with Crippen LogP contribution in [0.2, 0.25) is 19.6 Å². The SMILES string of the molecule is CC(C)c1cc(-c2[c-]cccc2)ncc1[Si](C)(C)C.Cc1cccc(C)c1-c1cccc2c1sc1c[c-]c(-c3cc(CC(C)C)ccn3)cc12.[Ir]. The van der Waals surface area contributed by atoms with Gasteiger partial charge in [-0.2, -0.15) is 11.3 Å². The smallest absolute Gasteiger partial charge is 0.0799 e. The van der Waals surface area contributed by atoms with Crippen molar-refractivity contribution in [2.75, 3.05) is 0 Å². The van der Waals surface area contributed by atoms with E-state index in [9.17, 15) is 0 Å². The average Bonchev–Trinajstić information content (AvgIpc) is 3.47. The zero-order chi connectivity index (χ0) is 35.6. The quantitative estimate of drug-likeness (QED) is 0.118. The Morgan fingerprint density at radius 1 is 0.745 bits per heavy atom. The predicted molar refractivity (Wildman–Crippen MR) is 220 cm³/mol. The molecule has 263 valence electrons. The molecule has 0 saturated carbocycles. The first-order valence-electron chi connectivity index (χ1n) is 17.8. The minimum atomic E-state index is -1.34. The summed E-state index contributed by atoms with van der Waals surface area (Å²) in [5, 5.41) is 4.08. The van der Waals surface area contributed by atoms with Crippen LogP contribution in [0, 0.1) is 31.9 Å². The van der Waals surface area contributed by atoms with E-state index >= 15 is 0 Å². The molecule has 7 aromatic rings. The van der Waals surface area contributed by atoms with Crippen molar-refractivity contribution >= 4 is 44.8 Å². The van der Waals surface area contributed by atoms with Gasteiger partial charge in [-0.1, -0.05) is 112 Å². The van der Waals surface area contributed by atoms with Crippen molar-refractivity contribution in [1.29, 1.82) is 0 Å². The third-order valence-corrected chi connectivity index (χ3v) is 12.5. The number of aromatic nitrogens is 2. The molecule has 4 aromatic carbocycles. The Labute approximate surface area is 323 Å². The Balaban J connectivity index is 0.000000218. The molecule has 0 aliphatic carbocycles. The molecule has 0 fully saturated rings. The third kappa shape index (κ3) is 8.67. The maximum absolute atomic E-state index is 4.66. The summed E-state index contributed by atoms with van der Waals surface area (Å²) >= 11 is 1.86. The zero-order valence-corrected chi connectivity index (χ0v) is 35.5. The van der Waals surface area contributed by atoms with Crippen molar-refractivity contribution in [3.05, 3.63) is 138 Å². The molecule has 0 atom stereocenters. The van der Waals surface area contributed by atoms with Gasteiger partial charge >= 0.3 is 0 Å². The molecule has 0 unspecified atom stereocenters. The van der Waals surface area contributed by atoms with Gasteiger partial charge in [-0.25, -0.2) is 0 Å². The van der Waals surface area contributed by atoms with Gasteiger partial charge in [0.25, 0.3) is 0 Å². The summed E-state index contributed by atoms with van der Waals surface area (Å²) in [4.78, 5) is 9.31. The maximum Gasteiger partial charge on any atom is 0.0799 e. The van der Waals surface area contributed by atoms with Crippen molar-refractivity contribution in [2.45, 2.75) is 73.5 Å². The number of aryl methyl sites for hydroxylation is 2. The number of fused-ring (bicyclic) bond motifs is 3. The number of nitrogens with zero attached hydrogens (tertiary/aromatic N) is 2. The van der Waals surface area contributed by atoms with Gasteiger partial charge in [0.2, 0.25) is 0 Å². The number of hydrogen-bond donors (Lipinski definition) is 0. The number of thiophene rings is 1. The van der Waals surface area contributed by atoms with Crippen LogP contribution in [0.25, 0.3) is 53.8 Å². The number of hydrogen-bond acceptors (Lipinski definition) is 3. The van der Waals surface area contributed by atoms with E-state index in [-0.39, 0.29) is 20.1 Å². The first-order valence-corrected chi connectivity index (χ1v) is 22.1. The fraction of sp³-hybridized carbons (Fsp3) is 0.261. The van der Waals surface area contributed by atoms with Crippen molar-refractivity contribution in [2.24, 2.45) is 5.92 Å². The molecule has 3 heterocycles. The monoisotopic (exact) mass is 881 g/mol. The van der Waals surface area contributed by atoms with Crippen molar-refractivity contribution in [1.82, 2.24) is 9.97 Å². The second kappa shape index (κ2) is 16.3. The van der Waals surface area contributed by atoms with Crippen LogP contribution >= 0.6 is 11.3 Å². The predicted octanol–water partition coefficient (Wildman–Crippen LogP) is 12.6. The molecule has 0 N–H and O–H groups in total. The second-order valence-corrected chi connectivity index (χ2v) is 21.3. The largest absolute Gasteiger partial charge is 0.305 e. The summed E-state index contributed by atoms with van der Waals surface area (Å²) in [7, 11) is -1.34. The molecule has 5 heteroatoms. The number of rotatable bonds is 7. The minimum absolute atomic E-state index is 0. The molecule has 0 aliphatic rings. The molecule has 1 radical (unpaired) electrons. The van der Waals surface area contributed by atoms with E-state index < -0.39 is 8.07 Å². The molecule has 2 nitrogen and oxygen atoms in total. The van der Waals surface area contributed by atoms with Gasteiger partial charge in [0, 0.05) is 37.2 Å². The molecule has 0 saturated heterocycles. The summed E-state index contributed by atoms with van der Waals surface area (Å²) in [6.07, 6.45) is 5.09. The molecule has 7 rings (SSSR count). The normalized spacial score (nSPS) is 11.5. The Morgan fingerprint density at radius 3 is 2.14 bits per heavy atom. The van der Waals surface area contributed by atoms with E-state index in [2.05, 4.69) is 162 Å². The van der Waals surface area contributed by atoms with Crippen LogP contribution in [0.1, 0.15) is 55.9 Å². The van der Waals surface area contributed by atoms with Crippen LogP contribution in [0.5, 0.6) is 0 Å². The van der Waals surface area contributed by atoms with E-state index in [1.54, 1.807) is 0 Å². The van der Waals surface area contributed by atoms with Gasteiger partial charge in [0.15, 0.2) is 0 Å². The summed E-state index contributed by atoms with van der Waals surface area (Å²) in [6.45, 7) is 20.6. The van der Waals surface area contributed by atoms with Gasteiger partial charge in [0.1, 0.15) is 0 Å². The summed E-state index contributed by atoms with van der Waals surface area (Å²) in [5.74, 6) is 1.16. The number of benzene rings is 4. The molecular weight excluding hydrogens is 833 g/mol. The second-order valence-electron chi connectivity index (χ2n) is 15.2. The molecular formula is C46H48IrN2SSi-2. The third-order valence-electron chi connectivity index (χ3n) is 9.28. The maximum atomic E-state index is 4.66. The van der Waals surface area contributed by atoms with Crippen LogP contribution in [-0.2, 0) is 26.5 Å². The van der Waals surface area contributed by atoms with Gasteiger partial charge in [0.05, 0.1) is 8.07 Å². The van der Waals surface area contributed by atoms with E-state index in [0.29, 0.717) is 11.8 Å². The van der Waals surface area contributed by atoms with Crippen LogP contribution in [-0.4, -0.2) is 18.0 Å². The molecule has 0 spiro atoms. The fourth-order valence-corrected chi connectivity index (χ4v) is 9.68. The molecule has 0 aliphatic heterocycles. The van der Waals surface area contributed by atoms with Crippen LogP contribution in [0.3, 0.4) is 0 Å². The van der Waals surface area contributed by atoms with Gasteiger partial charge < -0.3 is 9.97 Å². The summed E-state index contributed by atoms with van der Waals surface area (Å²) in [6, 6.07) is 39.0. The Kier molecular flexibility index (Phi) is 12.3. The van der Waals surface area contributed by atoms with Gasteiger partial charge in [-0.15, -0.1) is 59.7 Å². The van der Waals surface area contributed by atoms with Gasteiger partial charge in [-0.05, 0) is 87.1 Å². The zero-order valence-electron chi connectivity index (χ0n) is 31.3. The van der Waals surface area contributed by atoms with Gasteiger partial charge in [-0.3, -0.25) is 0 Å². The standard InChI is InChI=1S/C29H26NS.C17H22NSi.Ir/c1-18(2)15-21-13-14-30-26(16-21)22-11-12-27-25(17-22)23-9-6-10-24(29(23)31-27)28-19(3)7-5-8-20(28)4;1-13(2)15-11-16(14-9-7-6-8-10-14)18-12-17(15)19(3,4)5;/h5-10,12-14,16-18H,15H2,1-4H3;6-9,11-13H,1-5H3;/q2*-1;.